The average Bonchev–Trinajstić information content (AvgIpc) is 2.50. The molecule has 0 amide bonds. The lowest BCUT2D eigenvalue weighted by atomic mass is 10.1. The van der Waals surface area contributed by atoms with Gasteiger partial charge in [-0.1, -0.05) is 0 Å². The third kappa shape index (κ3) is 1.70. The molecule has 1 fully saturated rings. The van der Waals surface area contributed by atoms with E-state index in [1.807, 2.05) is 0 Å². The predicted molar refractivity (Wildman–Crippen MR) is 39.7 cm³/mol. The van der Waals surface area contributed by atoms with Crippen LogP contribution in [0.25, 0.3) is 4.85 Å². The van der Waals surface area contributed by atoms with Crippen LogP contribution in [0.1, 0.15) is 19.3 Å². The van der Waals surface area contributed by atoms with Crippen LogP contribution in [-0.4, -0.2) is 19.1 Å². The van der Waals surface area contributed by atoms with Crippen LogP contribution >= 0.6 is 0 Å². The molecule has 0 aromatic carbocycles. The summed E-state index contributed by atoms with van der Waals surface area (Å²) in [6, 6.07) is 0.0547. The van der Waals surface area contributed by atoms with Crippen LogP contribution in [0, 0.1) is 12.5 Å². The van der Waals surface area contributed by atoms with E-state index in [1.54, 1.807) is 0 Å². The molecule has 3 nitrogen and oxygen atoms in total. The van der Waals surface area contributed by atoms with E-state index >= 15 is 0 Å². The topological polar surface area (TPSA) is 30.7 Å². The maximum atomic E-state index is 11.0. The van der Waals surface area contributed by atoms with Gasteiger partial charge >= 0.3 is 5.97 Å². The molecule has 2 atom stereocenters. The van der Waals surface area contributed by atoms with E-state index in [4.69, 9.17) is 6.57 Å². The minimum atomic E-state index is -0.156. The number of carbonyl (C=O) groups is 1. The zero-order valence-electron chi connectivity index (χ0n) is 6.54. The molecule has 0 N–H and O–H groups in total. The fraction of sp³-hybridized carbons (Fsp3) is 0.750. The van der Waals surface area contributed by atoms with E-state index in [0.717, 1.165) is 12.8 Å². The molecule has 0 radical (unpaired) electrons. The van der Waals surface area contributed by atoms with Crippen molar-refractivity contribution in [3.05, 3.63) is 11.4 Å². The first kappa shape index (κ1) is 8.06. The molecular formula is C8H11NO2. The van der Waals surface area contributed by atoms with Gasteiger partial charge in [0, 0.05) is 12.8 Å². The third-order valence-corrected chi connectivity index (χ3v) is 2.12. The van der Waals surface area contributed by atoms with E-state index in [-0.39, 0.29) is 17.9 Å². The molecule has 0 aromatic rings. The van der Waals surface area contributed by atoms with Crippen molar-refractivity contribution in [2.75, 3.05) is 7.11 Å². The van der Waals surface area contributed by atoms with Crippen LogP contribution in [0.3, 0.4) is 0 Å². The molecule has 1 saturated carbocycles. The molecule has 3 heteroatoms. The summed E-state index contributed by atoms with van der Waals surface area (Å²) >= 11 is 0. The second kappa shape index (κ2) is 3.38. The van der Waals surface area contributed by atoms with Crippen LogP contribution in [0.5, 0.6) is 0 Å². The zero-order valence-corrected chi connectivity index (χ0v) is 6.54. The number of methoxy groups -OCH3 is 1. The number of rotatable bonds is 1. The highest BCUT2D eigenvalue weighted by atomic mass is 16.5. The van der Waals surface area contributed by atoms with Gasteiger partial charge in [-0.2, -0.15) is 0 Å². The Labute approximate surface area is 66.2 Å². The smallest absolute Gasteiger partial charge is 0.308 e. The lowest BCUT2D eigenvalue weighted by Gasteiger charge is -2.02. The SMILES string of the molecule is [C-]#[N+]C1CC[C@H](C(=O)OC)C1. The van der Waals surface area contributed by atoms with Crippen molar-refractivity contribution in [1.82, 2.24) is 0 Å². The Balaban J connectivity index is 2.43. The zero-order chi connectivity index (χ0) is 8.27. The molecule has 0 heterocycles. The van der Waals surface area contributed by atoms with Crippen molar-refractivity contribution in [3.8, 4) is 0 Å². The largest absolute Gasteiger partial charge is 0.469 e. The van der Waals surface area contributed by atoms with Crippen molar-refractivity contribution in [2.24, 2.45) is 5.92 Å². The molecule has 0 aromatic heterocycles. The summed E-state index contributed by atoms with van der Waals surface area (Å²) in [5.74, 6) is -0.171. The Kier molecular flexibility index (Phi) is 2.48. The van der Waals surface area contributed by atoms with Gasteiger partial charge in [0.2, 0.25) is 6.04 Å². The Morgan fingerprint density at radius 2 is 2.36 bits per heavy atom. The van der Waals surface area contributed by atoms with Crippen molar-refractivity contribution < 1.29 is 9.53 Å². The molecule has 1 unspecified atom stereocenters. The first-order valence-electron chi connectivity index (χ1n) is 3.72. The van der Waals surface area contributed by atoms with Crippen LogP contribution in [0.15, 0.2) is 0 Å². The fourth-order valence-corrected chi connectivity index (χ4v) is 1.46. The van der Waals surface area contributed by atoms with Crippen LogP contribution in [-0.2, 0) is 9.53 Å². The molecule has 60 valence electrons. The summed E-state index contributed by atoms with van der Waals surface area (Å²) in [4.78, 5) is 14.3. The molecule has 1 aliphatic carbocycles. The van der Waals surface area contributed by atoms with Crippen LogP contribution < -0.4 is 0 Å². The van der Waals surface area contributed by atoms with Crippen LogP contribution in [0.2, 0.25) is 0 Å². The van der Waals surface area contributed by atoms with E-state index < -0.39 is 0 Å². The minimum Gasteiger partial charge on any atom is -0.469 e. The Bertz CT molecular complexity index is 195. The van der Waals surface area contributed by atoms with E-state index in [0.29, 0.717) is 6.42 Å². The maximum absolute atomic E-state index is 11.0. The van der Waals surface area contributed by atoms with Crippen molar-refractivity contribution in [1.29, 1.82) is 0 Å². The van der Waals surface area contributed by atoms with Gasteiger partial charge in [0.1, 0.15) is 0 Å². The highest BCUT2D eigenvalue weighted by molar-refractivity contribution is 5.72. The van der Waals surface area contributed by atoms with Gasteiger partial charge < -0.3 is 9.58 Å². The lowest BCUT2D eigenvalue weighted by Crippen LogP contribution is -2.13. The van der Waals surface area contributed by atoms with E-state index in [9.17, 15) is 4.79 Å². The Morgan fingerprint density at radius 1 is 1.64 bits per heavy atom. The summed E-state index contributed by atoms with van der Waals surface area (Å²) in [5, 5.41) is 0. The van der Waals surface area contributed by atoms with Crippen molar-refractivity contribution in [3.63, 3.8) is 0 Å². The maximum Gasteiger partial charge on any atom is 0.308 e. The first-order chi connectivity index (χ1) is 5.27. The van der Waals surface area contributed by atoms with Crippen molar-refractivity contribution in [2.45, 2.75) is 25.3 Å². The van der Waals surface area contributed by atoms with E-state index in [1.165, 1.54) is 7.11 Å². The molecule has 1 aliphatic rings. The summed E-state index contributed by atoms with van der Waals surface area (Å²) in [5.41, 5.74) is 0. The number of esters is 1. The van der Waals surface area contributed by atoms with Crippen molar-refractivity contribution >= 4 is 5.97 Å². The number of hydrogen-bond donors (Lipinski definition) is 0. The quantitative estimate of drug-likeness (QED) is 0.419. The molecule has 11 heavy (non-hydrogen) atoms. The second-order valence-corrected chi connectivity index (χ2v) is 2.82. The summed E-state index contributed by atoms with van der Waals surface area (Å²) < 4.78 is 4.59. The van der Waals surface area contributed by atoms with Gasteiger partial charge in [0.25, 0.3) is 0 Å². The van der Waals surface area contributed by atoms with E-state index in [2.05, 4.69) is 9.58 Å². The van der Waals surface area contributed by atoms with Gasteiger partial charge in [0.05, 0.1) is 13.0 Å². The Morgan fingerprint density at radius 3 is 2.82 bits per heavy atom. The number of carbonyl (C=O) groups excluding carboxylic acids is 1. The van der Waals surface area contributed by atoms with Gasteiger partial charge in [-0.25, -0.2) is 6.57 Å². The highest BCUT2D eigenvalue weighted by Crippen LogP contribution is 2.28. The summed E-state index contributed by atoms with van der Waals surface area (Å²) in [6.45, 7) is 6.76. The molecule has 0 saturated heterocycles. The fourth-order valence-electron chi connectivity index (χ4n) is 1.46. The number of ether oxygens (including phenoxy) is 1. The van der Waals surface area contributed by atoms with Gasteiger partial charge in [-0.05, 0) is 6.42 Å². The highest BCUT2D eigenvalue weighted by Gasteiger charge is 2.33. The molecule has 0 bridgehead atoms. The summed E-state index contributed by atoms with van der Waals surface area (Å²) in [6.07, 6.45) is 2.36. The molecular weight excluding hydrogens is 142 g/mol. The minimum absolute atomic E-state index is 0.0147. The number of hydrogen-bond acceptors (Lipinski definition) is 2. The normalized spacial score (nSPS) is 29.5. The molecule has 0 spiro atoms. The van der Waals surface area contributed by atoms with Gasteiger partial charge in [0.15, 0.2) is 0 Å². The monoisotopic (exact) mass is 153 g/mol. The average molecular weight is 153 g/mol. The standard InChI is InChI=1S/C8H11NO2/c1-9-7-4-3-6(5-7)8(10)11-2/h6-7H,3-5H2,2H3/t6-,7?/m0/s1. The summed E-state index contributed by atoms with van der Waals surface area (Å²) in [7, 11) is 1.40. The number of nitrogens with zero attached hydrogens (tertiary/aromatic N) is 1. The van der Waals surface area contributed by atoms with Gasteiger partial charge in [-0.15, -0.1) is 0 Å². The Hall–Kier alpha value is -1.04. The lowest BCUT2D eigenvalue weighted by molar-refractivity contribution is -0.145. The molecule has 1 rings (SSSR count). The molecule has 0 aliphatic heterocycles. The van der Waals surface area contributed by atoms with Crippen LogP contribution in [0.4, 0.5) is 0 Å². The predicted octanol–water partition coefficient (Wildman–Crippen LogP) is 1.25. The first-order valence-corrected chi connectivity index (χ1v) is 3.72. The second-order valence-electron chi connectivity index (χ2n) is 2.82. The van der Waals surface area contributed by atoms with Gasteiger partial charge in [-0.3, -0.25) is 4.79 Å². The third-order valence-electron chi connectivity index (χ3n) is 2.12.